The number of aryl methyl sites for hydroxylation is 1. The number of nitrogens with zero attached hydrogens (tertiary/aromatic N) is 1. The Morgan fingerprint density at radius 3 is 2.53 bits per heavy atom. The second kappa shape index (κ2) is 5.89. The number of pyridine rings is 1. The lowest BCUT2D eigenvalue weighted by Gasteiger charge is -2.05. The van der Waals surface area contributed by atoms with E-state index in [2.05, 4.69) is 59.6 Å². The van der Waals surface area contributed by atoms with E-state index in [4.69, 9.17) is 0 Å². The lowest BCUT2D eigenvalue weighted by atomic mass is 10.2. The first-order valence-corrected chi connectivity index (χ1v) is 7.42. The van der Waals surface area contributed by atoms with Crippen LogP contribution in [0.15, 0.2) is 71.8 Å². The van der Waals surface area contributed by atoms with Gasteiger partial charge in [-0.15, -0.1) is 11.8 Å². The topological polar surface area (TPSA) is 12.9 Å². The quantitative estimate of drug-likeness (QED) is 0.641. The summed E-state index contributed by atoms with van der Waals surface area (Å²) in [5.41, 5.74) is 2.47. The maximum atomic E-state index is 4.39. The number of fused-ring (bicyclic) bond motifs is 1. The summed E-state index contributed by atoms with van der Waals surface area (Å²) in [6, 6.07) is 21.1. The van der Waals surface area contributed by atoms with Gasteiger partial charge in [-0.3, -0.25) is 4.98 Å². The van der Waals surface area contributed by atoms with Crippen LogP contribution in [-0.2, 0) is 6.42 Å². The predicted octanol–water partition coefficient (Wildman–Crippen LogP) is 4.57. The molecule has 0 atom stereocenters. The summed E-state index contributed by atoms with van der Waals surface area (Å²) in [6.07, 6.45) is 3.00. The van der Waals surface area contributed by atoms with Gasteiger partial charge in [0, 0.05) is 22.2 Å². The summed E-state index contributed by atoms with van der Waals surface area (Å²) in [5, 5.41) is 1.25. The first kappa shape index (κ1) is 12.2. The molecule has 0 spiro atoms. The molecule has 2 heteroatoms. The highest BCUT2D eigenvalue weighted by Gasteiger charge is 2.01. The molecule has 0 fully saturated rings. The van der Waals surface area contributed by atoms with Gasteiger partial charge in [0.05, 0.1) is 5.52 Å². The molecule has 94 valence electrons. The first-order valence-electron chi connectivity index (χ1n) is 6.44. The summed E-state index contributed by atoms with van der Waals surface area (Å²) in [7, 11) is 0. The maximum absolute atomic E-state index is 4.39. The van der Waals surface area contributed by atoms with Gasteiger partial charge in [0.25, 0.3) is 0 Å². The molecular weight excluding hydrogens is 250 g/mol. The smallest absolute Gasteiger partial charge is 0.0713 e. The van der Waals surface area contributed by atoms with Crippen LogP contribution in [-0.4, -0.2) is 10.7 Å². The van der Waals surface area contributed by atoms with E-state index in [1.807, 2.05) is 24.0 Å². The van der Waals surface area contributed by atoms with E-state index in [1.54, 1.807) is 0 Å². The molecule has 1 nitrogen and oxygen atoms in total. The summed E-state index contributed by atoms with van der Waals surface area (Å²) < 4.78 is 0. The molecule has 2 aromatic carbocycles. The van der Waals surface area contributed by atoms with Crippen LogP contribution in [0.1, 0.15) is 5.56 Å². The van der Waals surface area contributed by atoms with Crippen molar-refractivity contribution >= 4 is 22.7 Å². The second-order valence-corrected chi connectivity index (χ2v) is 5.55. The third-order valence-electron chi connectivity index (χ3n) is 3.10. The zero-order chi connectivity index (χ0) is 12.9. The summed E-state index contributed by atoms with van der Waals surface area (Å²) in [4.78, 5) is 5.72. The van der Waals surface area contributed by atoms with E-state index in [0.29, 0.717) is 0 Å². The molecule has 0 aliphatic carbocycles. The van der Waals surface area contributed by atoms with Crippen LogP contribution in [0.4, 0.5) is 0 Å². The number of para-hydroxylation sites is 1. The molecule has 0 radical (unpaired) electrons. The van der Waals surface area contributed by atoms with Crippen molar-refractivity contribution in [1.82, 2.24) is 4.98 Å². The fourth-order valence-corrected chi connectivity index (χ4v) is 3.16. The van der Waals surface area contributed by atoms with Crippen molar-refractivity contribution in [3.05, 3.63) is 72.4 Å². The Labute approximate surface area is 117 Å². The monoisotopic (exact) mass is 265 g/mol. The van der Waals surface area contributed by atoms with Gasteiger partial charge in [0.15, 0.2) is 0 Å². The Hall–Kier alpha value is -1.80. The summed E-state index contributed by atoms with van der Waals surface area (Å²) in [5.74, 6) is 1.10. The fraction of sp³-hybridized carbons (Fsp3) is 0.118. The Balaban J connectivity index is 1.72. The van der Waals surface area contributed by atoms with Crippen LogP contribution in [0.3, 0.4) is 0 Å². The van der Waals surface area contributed by atoms with Crippen LogP contribution < -0.4 is 0 Å². The molecule has 0 aliphatic heterocycles. The third-order valence-corrected chi connectivity index (χ3v) is 4.18. The van der Waals surface area contributed by atoms with Crippen LogP contribution in [0.2, 0.25) is 0 Å². The molecule has 19 heavy (non-hydrogen) atoms. The van der Waals surface area contributed by atoms with E-state index in [9.17, 15) is 0 Å². The van der Waals surface area contributed by atoms with Gasteiger partial charge in [-0.05, 0) is 24.1 Å². The predicted molar refractivity (Wildman–Crippen MR) is 82.6 cm³/mol. The van der Waals surface area contributed by atoms with Gasteiger partial charge in [-0.1, -0.05) is 48.5 Å². The van der Waals surface area contributed by atoms with Gasteiger partial charge >= 0.3 is 0 Å². The van der Waals surface area contributed by atoms with E-state index >= 15 is 0 Å². The average molecular weight is 265 g/mol. The molecule has 0 amide bonds. The van der Waals surface area contributed by atoms with E-state index in [1.165, 1.54) is 15.8 Å². The van der Waals surface area contributed by atoms with Crippen molar-refractivity contribution in [1.29, 1.82) is 0 Å². The van der Waals surface area contributed by atoms with Crippen molar-refractivity contribution in [2.75, 3.05) is 5.75 Å². The van der Waals surface area contributed by atoms with Crippen molar-refractivity contribution in [3.63, 3.8) is 0 Å². The Morgan fingerprint density at radius 2 is 1.63 bits per heavy atom. The zero-order valence-electron chi connectivity index (χ0n) is 10.6. The standard InChI is InChI=1S/C17H15NS/c1-2-6-14(7-3-1)11-13-19-17-10-12-18-16-9-5-4-8-15(16)17/h1-10,12H,11,13H2. The summed E-state index contributed by atoms with van der Waals surface area (Å²) >= 11 is 1.90. The van der Waals surface area contributed by atoms with Gasteiger partial charge in [0.1, 0.15) is 0 Å². The molecule has 1 aromatic heterocycles. The van der Waals surface area contributed by atoms with Crippen LogP contribution >= 0.6 is 11.8 Å². The molecule has 0 saturated heterocycles. The molecule has 0 bridgehead atoms. The van der Waals surface area contributed by atoms with Crippen molar-refractivity contribution in [2.24, 2.45) is 0 Å². The molecule has 1 heterocycles. The van der Waals surface area contributed by atoms with Crippen LogP contribution in [0.5, 0.6) is 0 Å². The molecule has 0 aliphatic rings. The van der Waals surface area contributed by atoms with E-state index < -0.39 is 0 Å². The van der Waals surface area contributed by atoms with Crippen molar-refractivity contribution in [2.45, 2.75) is 11.3 Å². The molecule has 3 rings (SSSR count). The number of aromatic nitrogens is 1. The normalized spacial score (nSPS) is 10.7. The second-order valence-electron chi connectivity index (χ2n) is 4.41. The van der Waals surface area contributed by atoms with Gasteiger partial charge < -0.3 is 0 Å². The fourth-order valence-electron chi connectivity index (χ4n) is 2.12. The minimum absolute atomic E-state index is 1.08. The third kappa shape index (κ3) is 2.96. The summed E-state index contributed by atoms with van der Waals surface area (Å²) in [6.45, 7) is 0. The number of rotatable bonds is 4. The van der Waals surface area contributed by atoms with Crippen molar-refractivity contribution < 1.29 is 0 Å². The molecule has 0 unspecified atom stereocenters. The minimum atomic E-state index is 1.08. The number of hydrogen-bond acceptors (Lipinski definition) is 2. The highest BCUT2D eigenvalue weighted by molar-refractivity contribution is 7.99. The Morgan fingerprint density at radius 1 is 0.842 bits per heavy atom. The molecule has 0 saturated carbocycles. The zero-order valence-corrected chi connectivity index (χ0v) is 11.4. The molecule has 3 aromatic rings. The van der Waals surface area contributed by atoms with Gasteiger partial charge in [0.2, 0.25) is 0 Å². The first-order chi connectivity index (χ1) is 9.43. The number of thioether (sulfide) groups is 1. The average Bonchev–Trinajstić information content (AvgIpc) is 2.49. The van der Waals surface area contributed by atoms with Crippen LogP contribution in [0, 0.1) is 0 Å². The van der Waals surface area contributed by atoms with Crippen molar-refractivity contribution in [3.8, 4) is 0 Å². The Bertz CT molecular complexity index is 659. The lowest BCUT2D eigenvalue weighted by molar-refractivity contribution is 1.15. The maximum Gasteiger partial charge on any atom is 0.0713 e. The Kier molecular flexibility index (Phi) is 3.80. The highest BCUT2D eigenvalue weighted by Crippen LogP contribution is 2.26. The molecule has 0 N–H and O–H groups in total. The lowest BCUT2D eigenvalue weighted by Crippen LogP contribution is -1.88. The highest BCUT2D eigenvalue weighted by atomic mass is 32.2. The van der Waals surface area contributed by atoms with E-state index in [-0.39, 0.29) is 0 Å². The van der Waals surface area contributed by atoms with Gasteiger partial charge in [-0.25, -0.2) is 0 Å². The minimum Gasteiger partial charge on any atom is -0.256 e. The van der Waals surface area contributed by atoms with Crippen LogP contribution in [0.25, 0.3) is 10.9 Å². The van der Waals surface area contributed by atoms with Gasteiger partial charge in [-0.2, -0.15) is 0 Å². The SMILES string of the molecule is c1ccc(CCSc2ccnc3ccccc23)cc1. The largest absolute Gasteiger partial charge is 0.256 e. The van der Waals surface area contributed by atoms with E-state index in [0.717, 1.165) is 17.7 Å². The molecular formula is C17H15NS. The number of benzene rings is 2. The number of hydrogen-bond donors (Lipinski definition) is 0.